The molecule has 0 spiro atoms. The zero-order chi connectivity index (χ0) is 48.3. The zero-order valence-corrected chi connectivity index (χ0v) is 40.0. The van der Waals surface area contributed by atoms with Gasteiger partial charge in [-0.15, -0.1) is 0 Å². The minimum absolute atomic E-state index is 0.527. The third-order valence-electron chi connectivity index (χ3n) is 15.2. The predicted octanol–water partition coefficient (Wildman–Crippen LogP) is 19.2. The first kappa shape index (κ1) is 42.4. The van der Waals surface area contributed by atoms with Crippen molar-refractivity contribution in [1.29, 1.82) is 0 Å². The van der Waals surface area contributed by atoms with Crippen molar-refractivity contribution in [2.45, 2.75) is 5.41 Å². The third kappa shape index (κ3) is 6.87. The number of para-hydroxylation sites is 4. The molecule has 0 saturated heterocycles. The van der Waals surface area contributed by atoms with Crippen molar-refractivity contribution in [1.82, 2.24) is 0 Å². The van der Waals surface area contributed by atoms with Crippen molar-refractivity contribution in [3.05, 3.63) is 307 Å². The number of fused-ring (bicyclic) bond motifs is 7. The van der Waals surface area contributed by atoms with Crippen LogP contribution in [0.5, 0.6) is 0 Å². The van der Waals surface area contributed by atoms with E-state index in [0.29, 0.717) is 0 Å². The van der Waals surface area contributed by atoms with Gasteiger partial charge in [0.15, 0.2) is 0 Å². The molecule has 0 aliphatic heterocycles. The fourth-order valence-electron chi connectivity index (χ4n) is 11.9. The van der Waals surface area contributed by atoms with Crippen LogP contribution in [0.15, 0.2) is 290 Å². The largest absolute Gasteiger partial charge is 0.455 e. The summed E-state index contributed by atoms with van der Waals surface area (Å²) < 4.78 is 6.75. The quantitative estimate of drug-likeness (QED) is 0.143. The van der Waals surface area contributed by atoms with Crippen LogP contribution < -0.4 is 4.90 Å². The Bertz CT molecular complexity index is 4150. The molecule has 1 aliphatic carbocycles. The van der Waals surface area contributed by atoms with Gasteiger partial charge in [0.25, 0.3) is 0 Å². The molecule has 13 aromatic rings. The van der Waals surface area contributed by atoms with Gasteiger partial charge in [0.05, 0.1) is 16.8 Å². The molecule has 342 valence electrons. The summed E-state index contributed by atoms with van der Waals surface area (Å²) in [5.74, 6) is 0. The molecule has 1 heterocycles. The Hall–Kier alpha value is -9.50. The molecule has 0 fully saturated rings. The molecule has 0 radical (unpaired) electrons. The monoisotopic (exact) mass is 929 g/mol. The fraction of sp³-hybridized carbons (Fsp3) is 0.0141. The second-order valence-corrected chi connectivity index (χ2v) is 19.1. The van der Waals surface area contributed by atoms with Crippen LogP contribution in [-0.2, 0) is 5.41 Å². The molecular formula is C71H47NO. The van der Waals surface area contributed by atoms with E-state index in [1.165, 1.54) is 66.4 Å². The van der Waals surface area contributed by atoms with E-state index in [1.54, 1.807) is 0 Å². The van der Waals surface area contributed by atoms with Crippen LogP contribution in [0.3, 0.4) is 0 Å². The van der Waals surface area contributed by atoms with Crippen LogP contribution in [-0.4, -0.2) is 0 Å². The highest BCUT2D eigenvalue weighted by Crippen LogP contribution is 2.59. The maximum atomic E-state index is 6.75. The summed E-state index contributed by atoms with van der Waals surface area (Å²) in [5, 5.41) is 4.71. The van der Waals surface area contributed by atoms with Gasteiger partial charge in [-0.2, -0.15) is 0 Å². The van der Waals surface area contributed by atoms with Crippen molar-refractivity contribution < 1.29 is 4.42 Å². The van der Waals surface area contributed by atoms with Crippen LogP contribution in [0.2, 0.25) is 0 Å². The molecule has 1 aromatic heterocycles. The van der Waals surface area contributed by atoms with Crippen molar-refractivity contribution in [2.24, 2.45) is 0 Å². The Balaban J connectivity index is 0.959. The van der Waals surface area contributed by atoms with Gasteiger partial charge in [-0.05, 0) is 108 Å². The molecule has 0 amide bonds. The molecule has 12 aromatic carbocycles. The Morgan fingerprint density at radius 2 is 0.781 bits per heavy atom. The van der Waals surface area contributed by atoms with E-state index in [9.17, 15) is 0 Å². The van der Waals surface area contributed by atoms with E-state index >= 15 is 0 Å². The topological polar surface area (TPSA) is 16.4 Å². The van der Waals surface area contributed by atoms with Gasteiger partial charge in [0.1, 0.15) is 11.2 Å². The normalized spacial score (nSPS) is 12.5. The number of rotatable bonds is 9. The lowest BCUT2D eigenvalue weighted by molar-refractivity contribution is 0.670. The maximum Gasteiger partial charge on any atom is 0.143 e. The van der Waals surface area contributed by atoms with Crippen LogP contribution in [0.1, 0.15) is 22.3 Å². The van der Waals surface area contributed by atoms with E-state index in [1.807, 2.05) is 6.07 Å². The van der Waals surface area contributed by atoms with Crippen LogP contribution in [0.4, 0.5) is 17.1 Å². The standard InChI is InChI=1S/C71H47NO/c1-3-21-54(22-4-1)71(55-23-5-2-6-24-55)64-32-13-9-28-63(64)69-60(29-18-33-65(69)71)57-25-10-14-34-66(57)72(67-35-15-11-26-58(67)61-30-17-31-62-59-27-12-16-36-68(59)73-70(61)62)56-45-43-50(44-46-56)49-37-39-51(40-38-49)53-42-41-48-19-7-8-20-52(48)47-53/h1-47H. The van der Waals surface area contributed by atoms with Gasteiger partial charge < -0.3 is 9.32 Å². The highest BCUT2D eigenvalue weighted by Gasteiger charge is 2.47. The SMILES string of the molecule is c1ccc(C2(c3ccccc3)c3ccccc3-c3c(-c4ccccc4N(c4ccc(-c5ccc(-c6ccc7ccccc7c6)cc5)cc4)c4ccccc4-c4cccc5c4oc4ccccc45)cccc32)cc1. The van der Waals surface area contributed by atoms with Crippen molar-refractivity contribution in [3.63, 3.8) is 0 Å². The van der Waals surface area contributed by atoms with Gasteiger partial charge in [0, 0.05) is 33.2 Å². The fourth-order valence-corrected chi connectivity index (χ4v) is 11.9. The highest BCUT2D eigenvalue weighted by atomic mass is 16.3. The molecule has 0 saturated carbocycles. The molecule has 14 rings (SSSR count). The lowest BCUT2D eigenvalue weighted by Crippen LogP contribution is -2.28. The van der Waals surface area contributed by atoms with Gasteiger partial charge in [0.2, 0.25) is 0 Å². The van der Waals surface area contributed by atoms with Crippen molar-refractivity contribution in [3.8, 4) is 55.6 Å². The summed E-state index contributed by atoms with van der Waals surface area (Å²) in [7, 11) is 0. The van der Waals surface area contributed by atoms with E-state index in [4.69, 9.17) is 4.42 Å². The number of nitrogens with zero attached hydrogens (tertiary/aromatic N) is 1. The second kappa shape index (κ2) is 17.4. The Labute approximate surface area is 425 Å². The first-order valence-electron chi connectivity index (χ1n) is 25.2. The van der Waals surface area contributed by atoms with Gasteiger partial charge >= 0.3 is 0 Å². The molecule has 73 heavy (non-hydrogen) atoms. The number of hydrogen-bond acceptors (Lipinski definition) is 2. The lowest BCUT2D eigenvalue weighted by Gasteiger charge is -2.34. The second-order valence-electron chi connectivity index (χ2n) is 19.1. The average molecular weight is 930 g/mol. The Morgan fingerprint density at radius 1 is 0.301 bits per heavy atom. The zero-order valence-electron chi connectivity index (χ0n) is 40.0. The molecule has 2 nitrogen and oxygen atoms in total. The molecule has 0 N–H and O–H groups in total. The van der Waals surface area contributed by atoms with Crippen LogP contribution >= 0.6 is 0 Å². The van der Waals surface area contributed by atoms with E-state index in [0.717, 1.165) is 61.3 Å². The maximum absolute atomic E-state index is 6.75. The molecule has 1 aliphatic rings. The lowest BCUT2D eigenvalue weighted by atomic mass is 9.67. The van der Waals surface area contributed by atoms with Gasteiger partial charge in [-0.3, -0.25) is 0 Å². The number of hydrogen-bond donors (Lipinski definition) is 0. The molecule has 2 heteroatoms. The molecule has 0 bridgehead atoms. The van der Waals surface area contributed by atoms with E-state index < -0.39 is 5.41 Å². The van der Waals surface area contributed by atoms with Crippen LogP contribution in [0, 0.1) is 0 Å². The highest BCUT2D eigenvalue weighted by molar-refractivity contribution is 6.11. The minimum Gasteiger partial charge on any atom is -0.455 e. The van der Waals surface area contributed by atoms with Crippen molar-refractivity contribution in [2.75, 3.05) is 4.90 Å². The summed E-state index contributed by atoms with van der Waals surface area (Å²) in [6.07, 6.45) is 0. The van der Waals surface area contributed by atoms with Crippen molar-refractivity contribution >= 4 is 49.8 Å². The Morgan fingerprint density at radius 3 is 1.49 bits per heavy atom. The summed E-state index contributed by atoms with van der Waals surface area (Å²) in [5.41, 5.74) is 21.1. The third-order valence-corrected chi connectivity index (χ3v) is 15.2. The number of benzene rings is 12. The van der Waals surface area contributed by atoms with E-state index in [-0.39, 0.29) is 0 Å². The molecular weight excluding hydrogens is 883 g/mol. The average Bonchev–Trinajstić information content (AvgIpc) is 4.01. The molecule has 0 unspecified atom stereocenters. The summed E-state index contributed by atoms with van der Waals surface area (Å²) in [6, 6.07) is 104. The molecule has 0 atom stereocenters. The minimum atomic E-state index is -0.527. The van der Waals surface area contributed by atoms with Gasteiger partial charge in [-0.1, -0.05) is 249 Å². The predicted molar refractivity (Wildman–Crippen MR) is 305 cm³/mol. The smallest absolute Gasteiger partial charge is 0.143 e. The Kier molecular flexibility index (Phi) is 10.1. The summed E-state index contributed by atoms with van der Waals surface area (Å²) in [6.45, 7) is 0. The number of anilines is 3. The van der Waals surface area contributed by atoms with Crippen LogP contribution in [0.25, 0.3) is 88.3 Å². The first-order valence-corrected chi connectivity index (χ1v) is 25.2. The summed E-state index contributed by atoms with van der Waals surface area (Å²) in [4.78, 5) is 2.46. The first-order chi connectivity index (χ1) is 36.2. The number of furan rings is 1. The summed E-state index contributed by atoms with van der Waals surface area (Å²) >= 11 is 0. The van der Waals surface area contributed by atoms with E-state index in [2.05, 4.69) is 284 Å². The van der Waals surface area contributed by atoms with Gasteiger partial charge in [-0.25, -0.2) is 0 Å².